The van der Waals surface area contributed by atoms with Crippen molar-refractivity contribution in [1.29, 1.82) is 0 Å². The van der Waals surface area contributed by atoms with Gasteiger partial charge in [-0.15, -0.1) is 0 Å². The Morgan fingerprint density at radius 3 is 2.52 bits per heavy atom. The van der Waals surface area contributed by atoms with E-state index in [1.807, 2.05) is 6.07 Å². The number of carbonyl (C=O) groups is 1. The van der Waals surface area contributed by atoms with Gasteiger partial charge in [-0.3, -0.25) is 4.79 Å². The number of benzene rings is 2. The molecule has 1 heterocycles. The summed E-state index contributed by atoms with van der Waals surface area (Å²) < 4.78 is 18.7. The molecule has 0 saturated heterocycles. The van der Waals surface area contributed by atoms with Crippen LogP contribution in [0.4, 0.5) is 15.9 Å². The van der Waals surface area contributed by atoms with E-state index >= 15 is 0 Å². The number of hydrogen-bond donors (Lipinski definition) is 2. The maximum Gasteiger partial charge on any atom is 0.257 e. The van der Waals surface area contributed by atoms with E-state index in [0.717, 1.165) is 5.75 Å². The molecule has 0 radical (unpaired) electrons. The van der Waals surface area contributed by atoms with Crippen LogP contribution in [0.5, 0.6) is 5.75 Å². The average Bonchev–Trinajstić information content (AvgIpc) is 2.70. The van der Waals surface area contributed by atoms with Gasteiger partial charge >= 0.3 is 0 Å². The van der Waals surface area contributed by atoms with Crippen molar-refractivity contribution in [3.8, 4) is 5.75 Å². The highest BCUT2D eigenvalue weighted by molar-refractivity contribution is 6.04. The molecule has 0 aliphatic heterocycles. The third-order valence-corrected chi connectivity index (χ3v) is 4.03. The number of aromatic nitrogens is 1. The fourth-order valence-electron chi connectivity index (χ4n) is 2.54. The van der Waals surface area contributed by atoms with Crippen molar-refractivity contribution in [1.82, 2.24) is 4.98 Å². The van der Waals surface area contributed by atoms with Crippen LogP contribution in [0, 0.1) is 5.82 Å². The maximum atomic E-state index is 13.6. The molecule has 3 aromatic rings. The maximum absolute atomic E-state index is 13.6. The number of nitrogens with one attached hydrogen (secondary N) is 2. The summed E-state index contributed by atoms with van der Waals surface area (Å²) in [6, 6.07) is 17.2. The third-order valence-electron chi connectivity index (χ3n) is 4.03. The number of pyridine rings is 1. The van der Waals surface area contributed by atoms with Crippen molar-refractivity contribution in [2.24, 2.45) is 0 Å². The van der Waals surface area contributed by atoms with E-state index < -0.39 is 0 Å². The molecule has 2 N–H and O–H groups in total. The Bertz CT molecular complexity index is 896. The molecular weight excluding hydrogens is 345 g/mol. The molecule has 0 fully saturated rings. The van der Waals surface area contributed by atoms with Crippen molar-refractivity contribution in [3.05, 3.63) is 83.8 Å². The Morgan fingerprint density at radius 2 is 1.85 bits per heavy atom. The molecule has 0 aliphatic carbocycles. The molecule has 0 unspecified atom stereocenters. The number of hydrogen-bond acceptors (Lipinski definition) is 4. The molecule has 27 heavy (non-hydrogen) atoms. The van der Waals surface area contributed by atoms with E-state index in [-0.39, 0.29) is 11.7 Å². The number of anilines is 2. The van der Waals surface area contributed by atoms with Crippen molar-refractivity contribution in [3.63, 3.8) is 0 Å². The fraction of sp³-hybridized carbons (Fsp3) is 0.143. The number of halogens is 1. The summed E-state index contributed by atoms with van der Waals surface area (Å²) in [4.78, 5) is 16.5. The third kappa shape index (κ3) is 5.04. The van der Waals surface area contributed by atoms with Crippen LogP contribution in [-0.2, 0) is 6.42 Å². The Balaban J connectivity index is 1.53. The lowest BCUT2D eigenvalue weighted by Gasteiger charge is -2.08. The van der Waals surface area contributed by atoms with Crippen LogP contribution in [0.25, 0.3) is 0 Å². The molecular formula is C21H20FN3O2. The molecule has 0 atom stereocenters. The predicted octanol–water partition coefficient (Wildman–Crippen LogP) is 4.14. The van der Waals surface area contributed by atoms with Gasteiger partial charge in [-0.25, -0.2) is 9.37 Å². The van der Waals surface area contributed by atoms with E-state index in [0.29, 0.717) is 35.6 Å². The van der Waals surface area contributed by atoms with Gasteiger partial charge in [0, 0.05) is 18.4 Å². The second-order valence-corrected chi connectivity index (χ2v) is 5.88. The lowest BCUT2D eigenvalue weighted by atomic mass is 10.1. The smallest absolute Gasteiger partial charge is 0.257 e. The molecule has 5 nitrogen and oxygen atoms in total. The number of ether oxygens (including phenoxy) is 1. The summed E-state index contributed by atoms with van der Waals surface area (Å²) in [5.41, 5.74) is 1.78. The van der Waals surface area contributed by atoms with Gasteiger partial charge in [0.1, 0.15) is 17.4 Å². The highest BCUT2D eigenvalue weighted by Crippen LogP contribution is 2.16. The van der Waals surface area contributed by atoms with E-state index in [4.69, 9.17) is 4.74 Å². The van der Waals surface area contributed by atoms with E-state index in [2.05, 4.69) is 15.6 Å². The summed E-state index contributed by atoms with van der Waals surface area (Å²) in [5, 5.41) is 5.93. The van der Waals surface area contributed by atoms with Gasteiger partial charge in [-0.1, -0.05) is 18.2 Å². The van der Waals surface area contributed by atoms with Crippen LogP contribution < -0.4 is 15.4 Å². The normalized spacial score (nSPS) is 10.3. The Labute approximate surface area is 157 Å². The second-order valence-electron chi connectivity index (χ2n) is 5.88. The molecule has 0 saturated carbocycles. The molecule has 0 aliphatic rings. The number of nitrogens with zero attached hydrogens (tertiary/aromatic N) is 1. The average molecular weight is 365 g/mol. The molecule has 138 valence electrons. The zero-order valence-electron chi connectivity index (χ0n) is 14.9. The quantitative estimate of drug-likeness (QED) is 0.661. The van der Waals surface area contributed by atoms with Gasteiger partial charge in [0.2, 0.25) is 0 Å². The monoisotopic (exact) mass is 365 g/mol. The van der Waals surface area contributed by atoms with Crippen molar-refractivity contribution in [2.45, 2.75) is 6.42 Å². The Kier molecular flexibility index (Phi) is 5.99. The summed E-state index contributed by atoms with van der Waals surface area (Å²) in [5.74, 6) is 0.899. The predicted molar refractivity (Wildman–Crippen MR) is 104 cm³/mol. The molecule has 1 aromatic heterocycles. The molecule has 6 heteroatoms. The van der Waals surface area contributed by atoms with Crippen LogP contribution in [0.2, 0.25) is 0 Å². The highest BCUT2D eigenvalue weighted by Gasteiger charge is 2.07. The Hall–Kier alpha value is -3.41. The fourth-order valence-corrected chi connectivity index (χ4v) is 2.54. The van der Waals surface area contributed by atoms with Crippen LogP contribution in [0.15, 0.2) is 66.9 Å². The number of carbonyl (C=O) groups excluding carboxylic acids is 1. The zero-order chi connectivity index (χ0) is 19.1. The minimum absolute atomic E-state index is 0.210. The topological polar surface area (TPSA) is 63.2 Å². The summed E-state index contributed by atoms with van der Waals surface area (Å²) in [6.07, 6.45) is 2.05. The lowest BCUT2D eigenvalue weighted by Crippen LogP contribution is -2.13. The zero-order valence-corrected chi connectivity index (χ0v) is 14.9. The first-order chi connectivity index (χ1) is 13.2. The van der Waals surface area contributed by atoms with Crippen LogP contribution in [0.1, 0.15) is 15.9 Å². The van der Waals surface area contributed by atoms with Gasteiger partial charge in [-0.2, -0.15) is 0 Å². The van der Waals surface area contributed by atoms with Gasteiger partial charge in [0.05, 0.1) is 12.7 Å². The van der Waals surface area contributed by atoms with Crippen LogP contribution >= 0.6 is 0 Å². The first kappa shape index (κ1) is 18.4. The van der Waals surface area contributed by atoms with Crippen LogP contribution in [-0.4, -0.2) is 24.5 Å². The Morgan fingerprint density at radius 1 is 1.07 bits per heavy atom. The summed E-state index contributed by atoms with van der Waals surface area (Å²) >= 11 is 0. The van der Waals surface area contributed by atoms with Crippen LogP contribution in [0.3, 0.4) is 0 Å². The van der Waals surface area contributed by atoms with E-state index in [9.17, 15) is 9.18 Å². The molecule has 3 rings (SSSR count). The van der Waals surface area contributed by atoms with Crippen molar-refractivity contribution < 1.29 is 13.9 Å². The number of rotatable bonds is 7. The van der Waals surface area contributed by atoms with E-state index in [1.54, 1.807) is 55.6 Å². The lowest BCUT2D eigenvalue weighted by molar-refractivity contribution is 0.102. The van der Waals surface area contributed by atoms with Gasteiger partial charge in [0.25, 0.3) is 5.91 Å². The minimum atomic E-state index is -0.245. The molecule has 0 bridgehead atoms. The van der Waals surface area contributed by atoms with Crippen molar-refractivity contribution in [2.75, 3.05) is 24.3 Å². The standard InChI is InChI=1S/C21H20FN3O2/c1-27-18-9-7-17(8-10-18)25-21(26)16-6-11-20(24-14-16)23-13-12-15-4-2-3-5-19(15)22/h2-11,14H,12-13H2,1H3,(H,23,24)(H,25,26). The number of methoxy groups -OCH3 is 1. The molecule has 2 aromatic carbocycles. The first-order valence-corrected chi connectivity index (χ1v) is 8.54. The van der Waals surface area contributed by atoms with Crippen molar-refractivity contribution >= 4 is 17.4 Å². The summed E-state index contributed by atoms with van der Waals surface area (Å²) in [6.45, 7) is 0.547. The SMILES string of the molecule is COc1ccc(NC(=O)c2ccc(NCCc3ccccc3F)nc2)cc1. The molecule has 1 amide bonds. The van der Waals surface area contributed by atoms with Gasteiger partial charge < -0.3 is 15.4 Å². The van der Waals surface area contributed by atoms with E-state index in [1.165, 1.54) is 12.3 Å². The summed E-state index contributed by atoms with van der Waals surface area (Å²) in [7, 11) is 1.59. The molecule has 0 spiro atoms. The first-order valence-electron chi connectivity index (χ1n) is 8.54. The van der Waals surface area contributed by atoms with Gasteiger partial charge in [0.15, 0.2) is 0 Å². The van der Waals surface area contributed by atoms with Gasteiger partial charge in [-0.05, 0) is 54.4 Å². The second kappa shape index (κ2) is 8.80. The largest absolute Gasteiger partial charge is 0.497 e. The highest BCUT2D eigenvalue weighted by atomic mass is 19.1. The number of amides is 1. The minimum Gasteiger partial charge on any atom is -0.497 e.